The predicted molar refractivity (Wildman–Crippen MR) is 146 cm³/mol. The number of carbonyl (C=O) groups is 2. The van der Waals surface area contributed by atoms with Gasteiger partial charge in [-0.15, -0.1) is 0 Å². The van der Waals surface area contributed by atoms with Gasteiger partial charge in [0.15, 0.2) is 0 Å². The van der Waals surface area contributed by atoms with Gasteiger partial charge in [0.05, 0.1) is 18.2 Å². The number of aromatic amines is 1. The topological polar surface area (TPSA) is 127 Å². The van der Waals surface area contributed by atoms with Crippen LogP contribution in [0.1, 0.15) is 33.2 Å². The summed E-state index contributed by atoms with van der Waals surface area (Å²) in [6.07, 6.45) is 1.49. The second-order valence-electron chi connectivity index (χ2n) is 9.40. The van der Waals surface area contributed by atoms with Crippen molar-refractivity contribution in [1.29, 1.82) is 0 Å². The lowest BCUT2D eigenvalue weighted by Gasteiger charge is -2.22. The minimum absolute atomic E-state index is 0.0259. The maximum absolute atomic E-state index is 14.1. The molecule has 6 N–H and O–H groups in total. The lowest BCUT2D eigenvalue weighted by atomic mass is 9.94. The number of nitrogens with one attached hydrogen (secondary N) is 2. The fourth-order valence-electron chi connectivity index (χ4n) is 4.74. The summed E-state index contributed by atoms with van der Waals surface area (Å²) in [5.41, 5.74) is 14.7. The van der Waals surface area contributed by atoms with Crippen LogP contribution in [0, 0.1) is 17.5 Å². The van der Waals surface area contributed by atoms with Crippen LogP contribution in [0.2, 0.25) is 0 Å². The standard InChI is InChI=1S/C30H24F3N5O2/c31-20-4-6-25-24(14-20)19(15-36-25)12-28(39)37-26(10-16-8-21(32)13-22(33)9-16)29-23(5-7-27(34)38-29)17-2-1-3-18(11-17)30(35)40/h1-9,11,13-15,26,36H,10,12H2,(H2,34,38)(H2,35,40)(H,37,39). The molecule has 0 radical (unpaired) electrons. The van der Waals surface area contributed by atoms with Crippen LogP contribution in [0.15, 0.2) is 79.0 Å². The van der Waals surface area contributed by atoms with Crippen LogP contribution in [0.3, 0.4) is 0 Å². The SMILES string of the molecule is NC(=O)c1cccc(-c2ccc(N)nc2C(Cc2cc(F)cc(F)c2)NC(=O)Cc2c[nH]c3ccc(F)cc23)c1. The molecule has 0 fully saturated rings. The number of pyridine rings is 1. The van der Waals surface area contributed by atoms with Gasteiger partial charge in [-0.1, -0.05) is 12.1 Å². The highest BCUT2D eigenvalue weighted by molar-refractivity contribution is 5.94. The van der Waals surface area contributed by atoms with Gasteiger partial charge in [0, 0.05) is 34.3 Å². The molecular weight excluding hydrogens is 519 g/mol. The third-order valence-corrected chi connectivity index (χ3v) is 6.51. The molecule has 5 aromatic rings. The van der Waals surface area contributed by atoms with Crippen molar-refractivity contribution in [2.24, 2.45) is 5.73 Å². The fraction of sp³-hybridized carbons (Fsp3) is 0.100. The molecule has 0 saturated heterocycles. The molecule has 0 bridgehead atoms. The van der Waals surface area contributed by atoms with Crippen molar-refractivity contribution < 1.29 is 22.8 Å². The van der Waals surface area contributed by atoms with Gasteiger partial charge in [-0.25, -0.2) is 18.2 Å². The molecule has 2 amide bonds. The second-order valence-corrected chi connectivity index (χ2v) is 9.40. The van der Waals surface area contributed by atoms with E-state index in [1.807, 2.05) is 0 Å². The van der Waals surface area contributed by atoms with E-state index in [1.54, 1.807) is 48.7 Å². The molecule has 1 atom stereocenters. The van der Waals surface area contributed by atoms with Crippen LogP contribution in [-0.2, 0) is 17.6 Å². The first-order valence-electron chi connectivity index (χ1n) is 12.3. The molecule has 2 heterocycles. The van der Waals surface area contributed by atoms with E-state index in [1.165, 1.54) is 24.3 Å². The largest absolute Gasteiger partial charge is 0.384 e. The molecule has 0 aliphatic carbocycles. The van der Waals surface area contributed by atoms with Crippen molar-refractivity contribution in [3.8, 4) is 11.1 Å². The summed E-state index contributed by atoms with van der Waals surface area (Å²) in [6, 6.07) is 16.2. The number of aromatic nitrogens is 2. The van der Waals surface area contributed by atoms with Gasteiger partial charge in [0.2, 0.25) is 11.8 Å². The number of hydrogen-bond donors (Lipinski definition) is 4. The monoisotopic (exact) mass is 543 g/mol. The highest BCUT2D eigenvalue weighted by atomic mass is 19.1. The number of nitrogen functional groups attached to an aromatic ring is 1. The van der Waals surface area contributed by atoms with E-state index in [9.17, 15) is 22.8 Å². The minimum atomic E-state index is -0.883. The van der Waals surface area contributed by atoms with Crippen LogP contribution in [0.5, 0.6) is 0 Å². The van der Waals surface area contributed by atoms with E-state index < -0.39 is 35.3 Å². The van der Waals surface area contributed by atoms with Crippen molar-refractivity contribution in [2.45, 2.75) is 18.9 Å². The quantitative estimate of drug-likeness (QED) is 0.220. The van der Waals surface area contributed by atoms with Gasteiger partial charge in [-0.05, 0) is 77.7 Å². The first-order valence-corrected chi connectivity index (χ1v) is 12.3. The Balaban J connectivity index is 1.55. The Morgan fingerprint density at radius 1 is 0.925 bits per heavy atom. The van der Waals surface area contributed by atoms with Crippen molar-refractivity contribution >= 4 is 28.5 Å². The van der Waals surface area contributed by atoms with E-state index in [4.69, 9.17) is 11.5 Å². The lowest BCUT2D eigenvalue weighted by molar-refractivity contribution is -0.121. The van der Waals surface area contributed by atoms with Gasteiger partial charge in [0.1, 0.15) is 23.3 Å². The third-order valence-electron chi connectivity index (χ3n) is 6.51. The molecule has 2 aromatic heterocycles. The zero-order valence-corrected chi connectivity index (χ0v) is 21.0. The Labute approximate surface area is 227 Å². The van der Waals surface area contributed by atoms with Gasteiger partial charge in [-0.3, -0.25) is 9.59 Å². The summed E-state index contributed by atoms with van der Waals surface area (Å²) >= 11 is 0. The van der Waals surface area contributed by atoms with Gasteiger partial charge >= 0.3 is 0 Å². The molecule has 7 nitrogen and oxygen atoms in total. The van der Waals surface area contributed by atoms with Crippen LogP contribution in [0.25, 0.3) is 22.0 Å². The number of anilines is 1. The Hall–Kier alpha value is -5.12. The first kappa shape index (κ1) is 26.5. The summed E-state index contributed by atoms with van der Waals surface area (Å²) in [7, 11) is 0. The van der Waals surface area contributed by atoms with Crippen molar-refractivity contribution in [2.75, 3.05) is 5.73 Å². The zero-order chi connectivity index (χ0) is 28.4. The summed E-state index contributed by atoms with van der Waals surface area (Å²) in [5, 5.41) is 3.47. The van der Waals surface area contributed by atoms with Crippen LogP contribution in [-0.4, -0.2) is 21.8 Å². The number of H-pyrrole nitrogens is 1. The summed E-state index contributed by atoms with van der Waals surface area (Å²) in [5.74, 6) is -2.88. The van der Waals surface area contributed by atoms with Gasteiger partial charge in [-0.2, -0.15) is 0 Å². The molecule has 0 spiro atoms. The normalized spacial score (nSPS) is 11.9. The maximum Gasteiger partial charge on any atom is 0.248 e. The number of halogens is 3. The van der Waals surface area contributed by atoms with E-state index in [-0.39, 0.29) is 29.8 Å². The fourth-order valence-corrected chi connectivity index (χ4v) is 4.74. The highest BCUT2D eigenvalue weighted by Crippen LogP contribution is 2.31. The Morgan fingerprint density at radius 2 is 1.70 bits per heavy atom. The van der Waals surface area contributed by atoms with Crippen molar-refractivity contribution in [1.82, 2.24) is 15.3 Å². The number of nitrogens with zero attached hydrogens (tertiary/aromatic N) is 1. The number of rotatable bonds is 8. The Kier molecular flexibility index (Phi) is 7.24. The maximum atomic E-state index is 14.1. The molecule has 0 aliphatic heterocycles. The second kappa shape index (κ2) is 10.9. The molecule has 40 heavy (non-hydrogen) atoms. The van der Waals surface area contributed by atoms with Gasteiger partial charge in [0.25, 0.3) is 0 Å². The minimum Gasteiger partial charge on any atom is -0.384 e. The molecule has 202 valence electrons. The van der Waals surface area contributed by atoms with Crippen LogP contribution in [0.4, 0.5) is 19.0 Å². The average Bonchev–Trinajstić information content (AvgIpc) is 3.29. The average molecular weight is 544 g/mol. The molecule has 0 saturated carbocycles. The third kappa shape index (κ3) is 5.80. The van der Waals surface area contributed by atoms with Crippen LogP contribution >= 0.6 is 0 Å². The molecule has 1 unspecified atom stereocenters. The first-order chi connectivity index (χ1) is 19.2. The predicted octanol–water partition coefficient (Wildman–Crippen LogP) is 4.97. The van der Waals surface area contributed by atoms with E-state index in [0.29, 0.717) is 33.3 Å². The number of fused-ring (bicyclic) bond motifs is 1. The van der Waals surface area contributed by atoms with Crippen LogP contribution < -0.4 is 16.8 Å². The summed E-state index contributed by atoms with van der Waals surface area (Å²) in [6.45, 7) is 0. The summed E-state index contributed by atoms with van der Waals surface area (Å²) in [4.78, 5) is 32.6. The number of benzene rings is 3. The number of primary amides is 1. The molecule has 5 rings (SSSR count). The highest BCUT2D eigenvalue weighted by Gasteiger charge is 2.23. The number of carbonyl (C=O) groups excluding carboxylic acids is 2. The lowest BCUT2D eigenvalue weighted by Crippen LogP contribution is -2.32. The van der Waals surface area contributed by atoms with E-state index >= 15 is 0 Å². The molecule has 3 aromatic carbocycles. The smallest absolute Gasteiger partial charge is 0.248 e. The van der Waals surface area contributed by atoms with Crippen molar-refractivity contribution in [3.63, 3.8) is 0 Å². The number of nitrogens with two attached hydrogens (primary N) is 2. The molecule has 0 aliphatic rings. The Bertz CT molecular complexity index is 1730. The zero-order valence-electron chi connectivity index (χ0n) is 21.0. The van der Waals surface area contributed by atoms with E-state index in [0.717, 1.165) is 6.07 Å². The molecular formula is C30H24F3N5O2. The number of hydrogen-bond acceptors (Lipinski definition) is 4. The van der Waals surface area contributed by atoms with Crippen molar-refractivity contribution in [3.05, 3.63) is 119 Å². The van der Waals surface area contributed by atoms with E-state index in [2.05, 4.69) is 15.3 Å². The van der Waals surface area contributed by atoms with Gasteiger partial charge < -0.3 is 21.8 Å². The number of amides is 2. The summed E-state index contributed by atoms with van der Waals surface area (Å²) < 4.78 is 42.0. The molecule has 10 heteroatoms. The Morgan fingerprint density at radius 3 is 2.45 bits per heavy atom.